The highest BCUT2D eigenvalue weighted by molar-refractivity contribution is 7.10. The zero-order valence-electron chi connectivity index (χ0n) is 9.74. The molecule has 0 spiro atoms. The molecule has 0 fully saturated rings. The molecule has 0 bridgehead atoms. The molecule has 15 heavy (non-hydrogen) atoms. The molecule has 1 rings (SSSR count). The van der Waals surface area contributed by atoms with Crippen LogP contribution in [0, 0.1) is 12.8 Å². The normalized spacial score (nSPS) is 12.9. The fourth-order valence-corrected chi connectivity index (χ4v) is 2.46. The number of carbonyl (C=O) groups excluding carboxylic acids is 1. The minimum Gasteiger partial charge on any atom is -0.466 e. The van der Waals surface area contributed by atoms with Crippen molar-refractivity contribution in [3.8, 4) is 0 Å². The Bertz CT molecular complexity index is 328. The van der Waals surface area contributed by atoms with Gasteiger partial charge in [0.25, 0.3) is 0 Å². The lowest BCUT2D eigenvalue weighted by atomic mass is 9.89. The van der Waals surface area contributed by atoms with E-state index in [0.717, 1.165) is 5.56 Å². The zero-order valence-corrected chi connectivity index (χ0v) is 10.6. The molecule has 1 heterocycles. The van der Waals surface area contributed by atoms with Crippen LogP contribution in [0.5, 0.6) is 0 Å². The molecule has 0 amide bonds. The first-order valence-electron chi connectivity index (χ1n) is 5.28. The molecule has 0 N–H and O–H groups in total. The monoisotopic (exact) mass is 226 g/mol. The van der Waals surface area contributed by atoms with Gasteiger partial charge in [-0.05, 0) is 36.8 Å². The van der Waals surface area contributed by atoms with E-state index in [9.17, 15) is 4.79 Å². The van der Waals surface area contributed by atoms with Gasteiger partial charge >= 0.3 is 5.97 Å². The van der Waals surface area contributed by atoms with Crippen LogP contribution in [-0.4, -0.2) is 12.6 Å². The average molecular weight is 226 g/mol. The second-order valence-electron chi connectivity index (χ2n) is 3.91. The van der Waals surface area contributed by atoms with Crippen LogP contribution in [-0.2, 0) is 9.53 Å². The van der Waals surface area contributed by atoms with Gasteiger partial charge in [0.05, 0.1) is 12.5 Å². The van der Waals surface area contributed by atoms with E-state index in [4.69, 9.17) is 4.74 Å². The van der Waals surface area contributed by atoms with Crippen LogP contribution < -0.4 is 0 Å². The number of esters is 1. The maximum absolute atomic E-state index is 11.8. The third-order valence-electron chi connectivity index (χ3n) is 2.44. The molecule has 0 aliphatic heterocycles. The first-order valence-corrected chi connectivity index (χ1v) is 6.16. The molecule has 2 nitrogen and oxygen atoms in total. The van der Waals surface area contributed by atoms with Gasteiger partial charge in [0.1, 0.15) is 0 Å². The first kappa shape index (κ1) is 12.2. The Labute approximate surface area is 95.3 Å². The van der Waals surface area contributed by atoms with Crippen LogP contribution in [0.2, 0.25) is 0 Å². The van der Waals surface area contributed by atoms with Gasteiger partial charge in [0, 0.05) is 4.88 Å². The van der Waals surface area contributed by atoms with Gasteiger partial charge in [-0.15, -0.1) is 11.3 Å². The Balaban J connectivity index is 2.93. The van der Waals surface area contributed by atoms with E-state index in [2.05, 4.69) is 20.8 Å². The van der Waals surface area contributed by atoms with E-state index in [1.54, 1.807) is 11.3 Å². The predicted molar refractivity (Wildman–Crippen MR) is 63.3 cm³/mol. The van der Waals surface area contributed by atoms with Crippen molar-refractivity contribution >= 4 is 17.3 Å². The summed E-state index contributed by atoms with van der Waals surface area (Å²) in [5.74, 6) is 0.0579. The summed E-state index contributed by atoms with van der Waals surface area (Å²) >= 11 is 1.68. The van der Waals surface area contributed by atoms with Crippen LogP contribution in [0.1, 0.15) is 37.1 Å². The predicted octanol–water partition coefficient (Wildman–Crippen LogP) is 3.36. The van der Waals surface area contributed by atoms with Crippen LogP contribution in [0.4, 0.5) is 0 Å². The van der Waals surface area contributed by atoms with Gasteiger partial charge in [-0.3, -0.25) is 4.79 Å². The minimum atomic E-state index is -0.115. The molecule has 1 aromatic heterocycles. The van der Waals surface area contributed by atoms with E-state index in [0.29, 0.717) is 6.61 Å². The highest BCUT2D eigenvalue weighted by Gasteiger charge is 2.27. The van der Waals surface area contributed by atoms with Crippen LogP contribution >= 0.6 is 11.3 Å². The van der Waals surface area contributed by atoms with Crippen LogP contribution in [0.3, 0.4) is 0 Å². The van der Waals surface area contributed by atoms with Gasteiger partial charge in [0.2, 0.25) is 0 Å². The Morgan fingerprint density at radius 1 is 1.53 bits per heavy atom. The number of thiophene rings is 1. The molecular formula is C12H18O2S. The molecule has 0 aromatic carbocycles. The zero-order chi connectivity index (χ0) is 11.4. The summed E-state index contributed by atoms with van der Waals surface area (Å²) in [7, 11) is 0. The first-order chi connectivity index (χ1) is 7.07. The van der Waals surface area contributed by atoms with Crippen molar-refractivity contribution < 1.29 is 9.53 Å². The topological polar surface area (TPSA) is 26.3 Å². The maximum Gasteiger partial charge on any atom is 0.313 e. The number of rotatable bonds is 4. The molecule has 1 unspecified atom stereocenters. The van der Waals surface area contributed by atoms with E-state index in [-0.39, 0.29) is 17.8 Å². The van der Waals surface area contributed by atoms with E-state index in [1.807, 2.05) is 18.4 Å². The lowest BCUT2D eigenvalue weighted by Gasteiger charge is -2.19. The highest BCUT2D eigenvalue weighted by Crippen LogP contribution is 2.31. The van der Waals surface area contributed by atoms with Gasteiger partial charge in [0.15, 0.2) is 0 Å². The number of hydrogen-bond acceptors (Lipinski definition) is 3. The highest BCUT2D eigenvalue weighted by atomic mass is 32.1. The van der Waals surface area contributed by atoms with Crippen molar-refractivity contribution in [2.75, 3.05) is 6.61 Å². The van der Waals surface area contributed by atoms with Gasteiger partial charge in [-0.1, -0.05) is 13.8 Å². The lowest BCUT2D eigenvalue weighted by molar-refractivity contribution is -0.146. The maximum atomic E-state index is 11.8. The average Bonchev–Trinajstić information content (AvgIpc) is 2.52. The Kier molecular flexibility index (Phi) is 4.33. The molecule has 1 atom stereocenters. The Hall–Kier alpha value is -0.830. The molecule has 0 saturated carbocycles. The van der Waals surface area contributed by atoms with Gasteiger partial charge in [-0.2, -0.15) is 0 Å². The van der Waals surface area contributed by atoms with Crippen LogP contribution in [0.15, 0.2) is 11.4 Å². The molecule has 3 heteroatoms. The molecule has 0 aliphatic carbocycles. The standard InChI is InChI=1S/C12H18O2S/c1-5-14-12(13)11(8(2)3)10-6-7-15-9(10)4/h6-8,11H,5H2,1-4H3. The molecular weight excluding hydrogens is 208 g/mol. The van der Waals surface area contributed by atoms with Crippen molar-refractivity contribution in [2.24, 2.45) is 5.92 Å². The number of carbonyl (C=O) groups is 1. The van der Waals surface area contributed by atoms with Crippen LogP contribution in [0.25, 0.3) is 0 Å². The molecule has 0 aliphatic rings. The van der Waals surface area contributed by atoms with Crippen molar-refractivity contribution in [2.45, 2.75) is 33.6 Å². The molecule has 0 radical (unpaired) electrons. The fourth-order valence-electron chi connectivity index (χ4n) is 1.71. The van der Waals surface area contributed by atoms with E-state index < -0.39 is 0 Å². The van der Waals surface area contributed by atoms with E-state index >= 15 is 0 Å². The van der Waals surface area contributed by atoms with Gasteiger partial charge < -0.3 is 4.74 Å². The third-order valence-corrected chi connectivity index (χ3v) is 3.30. The summed E-state index contributed by atoms with van der Waals surface area (Å²) in [5, 5.41) is 2.03. The summed E-state index contributed by atoms with van der Waals surface area (Å²) in [5.41, 5.74) is 1.12. The molecule has 84 valence electrons. The van der Waals surface area contributed by atoms with Crippen molar-refractivity contribution in [1.29, 1.82) is 0 Å². The van der Waals surface area contributed by atoms with Crippen molar-refractivity contribution in [3.05, 3.63) is 21.9 Å². The summed E-state index contributed by atoms with van der Waals surface area (Å²) in [4.78, 5) is 13.0. The SMILES string of the molecule is CCOC(=O)C(c1ccsc1C)C(C)C. The minimum absolute atomic E-state index is 0.103. The summed E-state index contributed by atoms with van der Waals surface area (Å²) < 4.78 is 5.11. The molecule has 1 aromatic rings. The summed E-state index contributed by atoms with van der Waals surface area (Å²) in [6, 6.07) is 2.03. The lowest BCUT2D eigenvalue weighted by Crippen LogP contribution is -2.21. The van der Waals surface area contributed by atoms with Gasteiger partial charge in [-0.25, -0.2) is 0 Å². The second kappa shape index (κ2) is 5.31. The van der Waals surface area contributed by atoms with E-state index in [1.165, 1.54) is 4.88 Å². The summed E-state index contributed by atoms with van der Waals surface area (Å²) in [6.45, 7) is 8.45. The number of ether oxygens (including phenoxy) is 1. The fraction of sp³-hybridized carbons (Fsp3) is 0.583. The molecule has 0 saturated heterocycles. The third kappa shape index (κ3) is 2.81. The number of hydrogen-bond donors (Lipinski definition) is 0. The summed E-state index contributed by atoms with van der Waals surface area (Å²) in [6.07, 6.45) is 0. The largest absolute Gasteiger partial charge is 0.466 e. The quantitative estimate of drug-likeness (QED) is 0.736. The smallest absolute Gasteiger partial charge is 0.313 e. The Morgan fingerprint density at radius 3 is 2.60 bits per heavy atom. The van der Waals surface area contributed by atoms with Crippen molar-refractivity contribution in [1.82, 2.24) is 0 Å². The second-order valence-corrected chi connectivity index (χ2v) is 5.03. The Morgan fingerprint density at radius 2 is 2.20 bits per heavy atom. The number of aryl methyl sites for hydroxylation is 1. The van der Waals surface area contributed by atoms with Crippen molar-refractivity contribution in [3.63, 3.8) is 0 Å².